The highest BCUT2D eigenvalue weighted by Crippen LogP contribution is 2.35. The van der Waals surface area contributed by atoms with Gasteiger partial charge in [-0.2, -0.15) is 5.10 Å². The van der Waals surface area contributed by atoms with Crippen molar-refractivity contribution < 1.29 is 33.6 Å². The Morgan fingerprint density at radius 2 is 1.86 bits per heavy atom. The number of amides is 2. The highest BCUT2D eigenvalue weighted by Gasteiger charge is 2.32. The second-order valence-electron chi connectivity index (χ2n) is 9.36. The van der Waals surface area contributed by atoms with Gasteiger partial charge in [-0.1, -0.05) is 35.9 Å². The maximum absolute atomic E-state index is 12.4. The van der Waals surface area contributed by atoms with Crippen molar-refractivity contribution in [3.05, 3.63) is 99.7 Å². The molecule has 3 aromatic rings. The molecule has 4 rings (SSSR count). The van der Waals surface area contributed by atoms with Crippen LogP contribution in [0.25, 0.3) is 0 Å². The molecule has 11 nitrogen and oxygen atoms in total. The van der Waals surface area contributed by atoms with Gasteiger partial charge in [0.05, 0.1) is 31.5 Å². The molecular weight excluding hydrogens is 576 g/mol. The Bertz CT molecular complexity index is 1490. The summed E-state index contributed by atoms with van der Waals surface area (Å²) in [4.78, 5) is 24.5. The standard InChI is InChI=1S/C31H33ClN4O7/c1-4-41-26-15-21(29-28(30(38)40-3)19(2)34-31(39)35-29)11-14-25(26)43-18-27(37)36-33-16-20-9-12-23(13-10-20)42-17-22-7-5-6-8-24(22)32/h5-16,27,29,36-37H,4,17-18H2,1-3H3,(H2,34,35,39)/b33-16-/t27-,29+/m0/s1. The lowest BCUT2D eigenvalue weighted by molar-refractivity contribution is -0.136. The minimum absolute atomic E-state index is 0.137. The number of hydrogen-bond donors (Lipinski definition) is 4. The van der Waals surface area contributed by atoms with E-state index >= 15 is 0 Å². The number of ether oxygens (including phenoxy) is 4. The lowest BCUT2D eigenvalue weighted by Crippen LogP contribution is -2.45. The van der Waals surface area contributed by atoms with Crippen LogP contribution in [-0.2, 0) is 16.1 Å². The highest BCUT2D eigenvalue weighted by atomic mass is 35.5. The second-order valence-corrected chi connectivity index (χ2v) is 9.77. The molecule has 2 atom stereocenters. The van der Waals surface area contributed by atoms with E-state index in [9.17, 15) is 14.7 Å². The van der Waals surface area contributed by atoms with Crippen LogP contribution in [-0.4, -0.2) is 49.9 Å². The molecule has 0 spiro atoms. The normalized spacial score (nSPS) is 15.4. The van der Waals surface area contributed by atoms with Gasteiger partial charge in [-0.05, 0) is 67.4 Å². The predicted molar refractivity (Wildman–Crippen MR) is 161 cm³/mol. The third-order valence-electron chi connectivity index (χ3n) is 6.34. The summed E-state index contributed by atoms with van der Waals surface area (Å²) in [6, 6.07) is 18.6. The van der Waals surface area contributed by atoms with Gasteiger partial charge in [-0.25, -0.2) is 9.59 Å². The monoisotopic (exact) mass is 608 g/mol. The molecule has 226 valence electrons. The zero-order valence-electron chi connectivity index (χ0n) is 23.9. The van der Waals surface area contributed by atoms with E-state index in [0.717, 1.165) is 11.1 Å². The second kappa shape index (κ2) is 14.9. The van der Waals surface area contributed by atoms with Gasteiger partial charge in [-0.15, -0.1) is 0 Å². The Morgan fingerprint density at radius 1 is 1.09 bits per heavy atom. The van der Waals surface area contributed by atoms with Crippen molar-refractivity contribution in [2.75, 3.05) is 20.3 Å². The van der Waals surface area contributed by atoms with Gasteiger partial charge in [0.25, 0.3) is 0 Å². The summed E-state index contributed by atoms with van der Waals surface area (Å²) in [5, 5.41) is 20.4. The first kappa shape index (κ1) is 31.2. The summed E-state index contributed by atoms with van der Waals surface area (Å²) >= 11 is 6.17. The van der Waals surface area contributed by atoms with Crippen molar-refractivity contribution in [2.24, 2.45) is 5.10 Å². The van der Waals surface area contributed by atoms with Crippen molar-refractivity contribution >= 4 is 29.8 Å². The third-order valence-corrected chi connectivity index (χ3v) is 6.71. The number of methoxy groups -OCH3 is 1. The number of urea groups is 1. The summed E-state index contributed by atoms with van der Waals surface area (Å²) in [6.07, 6.45) is 0.437. The van der Waals surface area contributed by atoms with Gasteiger partial charge in [0.1, 0.15) is 19.0 Å². The van der Waals surface area contributed by atoms with Crippen LogP contribution in [0.15, 0.2) is 83.1 Å². The molecule has 1 aliphatic rings. The number of aliphatic hydroxyl groups is 1. The number of carbonyl (C=O) groups excluding carboxylic acids is 2. The van der Waals surface area contributed by atoms with Gasteiger partial charge in [0.2, 0.25) is 0 Å². The van der Waals surface area contributed by atoms with Crippen molar-refractivity contribution in [3.8, 4) is 17.2 Å². The summed E-state index contributed by atoms with van der Waals surface area (Å²) in [5.41, 5.74) is 5.57. The topological polar surface area (TPSA) is 140 Å². The lowest BCUT2D eigenvalue weighted by atomic mass is 9.95. The van der Waals surface area contributed by atoms with Gasteiger partial charge >= 0.3 is 12.0 Å². The Kier molecular flexibility index (Phi) is 10.8. The Morgan fingerprint density at radius 3 is 2.58 bits per heavy atom. The number of hydrogen-bond acceptors (Lipinski definition) is 9. The molecule has 0 saturated carbocycles. The average molecular weight is 609 g/mol. The number of hydrazone groups is 1. The van der Waals surface area contributed by atoms with E-state index in [1.165, 1.54) is 7.11 Å². The number of carbonyl (C=O) groups is 2. The maximum atomic E-state index is 12.4. The molecule has 2 amide bonds. The number of rotatable bonds is 13. The van der Waals surface area contributed by atoms with Crippen molar-refractivity contribution in [1.29, 1.82) is 0 Å². The molecule has 1 heterocycles. The number of aliphatic hydroxyl groups excluding tert-OH is 1. The fourth-order valence-corrected chi connectivity index (χ4v) is 4.44. The van der Waals surface area contributed by atoms with E-state index in [1.54, 1.807) is 31.3 Å². The first-order chi connectivity index (χ1) is 20.8. The van der Waals surface area contributed by atoms with Crippen molar-refractivity contribution in [1.82, 2.24) is 16.1 Å². The maximum Gasteiger partial charge on any atom is 0.337 e. The number of benzene rings is 3. The minimum Gasteiger partial charge on any atom is -0.490 e. The van der Waals surface area contributed by atoms with E-state index in [-0.39, 0.29) is 12.2 Å². The summed E-state index contributed by atoms with van der Waals surface area (Å²) in [7, 11) is 1.28. The Balaban J connectivity index is 1.33. The number of nitrogens with one attached hydrogen (secondary N) is 3. The van der Waals surface area contributed by atoms with Gasteiger partial charge in [0.15, 0.2) is 17.7 Å². The average Bonchev–Trinajstić information content (AvgIpc) is 3.00. The predicted octanol–water partition coefficient (Wildman–Crippen LogP) is 4.44. The Hall–Kier alpha value is -4.74. The van der Waals surface area contributed by atoms with E-state index < -0.39 is 24.3 Å². The third kappa shape index (κ3) is 8.40. The molecule has 4 N–H and O–H groups in total. The molecule has 43 heavy (non-hydrogen) atoms. The lowest BCUT2D eigenvalue weighted by Gasteiger charge is -2.28. The molecule has 0 radical (unpaired) electrons. The van der Waals surface area contributed by atoms with E-state index in [1.807, 2.05) is 55.5 Å². The van der Waals surface area contributed by atoms with Crippen molar-refractivity contribution in [2.45, 2.75) is 32.7 Å². The number of esters is 1. The van der Waals surface area contributed by atoms with Gasteiger partial charge in [-0.3, -0.25) is 5.43 Å². The number of nitrogens with zero attached hydrogens (tertiary/aromatic N) is 1. The van der Waals surface area contributed by atoms with E-state index in [4.69, 9.17) is 30.5 Å². The molecule has 0 unspecified atom stereocenters. The first-order valence-corrected chi connectivity index (χ1v) is 13.9. The molecule has 0 bridgehead atoms. The molecule has 0 aromatic heterocycles. The fraction of sp³-hybridized carbons (Fsp3) is 0.258. The van der Waals surface area contributed by atoms with Crippen LogP contribution in [0.1, 0.15) is 36.6 Å². The highest BCUT2D eigenvalue weighted by molar-refractivity contribution is 6.31. The van der Waals surface area contributed by atoms with Gasteiger partial charge < -0.3 is 34.7 Å². The molecular formula is C31H33ClN4O7. The molecule has 1 aliphatic heterocycles. The molecule has 0 saturated heterocycles. The van der Waals surface area contributed by atoms with Crippen LogP contribution in [0, 0.1) is 0 Å². The number of halogens is 1. The smallest absolute Gasteiger partial charge is 0.337 e. The van der Waals surface area contributed by atoms with Crippen LogP contribution in [0.4, 0.5) is 4.79 Å². The van der Waals surface area contributed by atoms with Crippen LogP contribution >= 0.6 is 11.6 Å². The van der Waals surface area contributed by atoms with Crippen LogP contribution < -0.4 is 30.3 Å². The summed E-state index contributed by atoms with van der Waals surface area (Å²) < 4.78 is 22.2. The summed E-state index contributed by atoms with van der Waals surface area (Å²) in [5.74, 6) is 0.858. The first-order valence-electron chi connectivity index (χ1n) is 13.5. The van der Waals surface area contributed by atoms with Crippen LogP contribution in [0.2, 0.25) is 5.02 Å². The SMILES string of the molecule is CCOc1cc([C@H]2NC(=O)NC(C)=C2C(=O)OC)ccc1OC[C@H](O)N/N=C\c1ccc(OCc2ccccc2Cl)cc1. The van der Waals surface area contributed by atoms with E-state index in [2.05, 4.69) is 21.2 Å². The zero-order valence-corrected chi connectivity index (χ0v) is 24.7. The van der Waals surface area contributed by atoms with E-state index in [0.29, 0.717) is 46.7 Å². The largest absolute Gasteiger partial charge is 0.490 e. The number of allylic oxidation sites excluding steroid dienone is 1. The van der Waals surface area contributed by atoms with Crippen LogP contribution in [0.5, 0.6) is 17.2 Å². The molecule has 0 fully saturated rings. The van der Waals surface area contributed by atoms with Crippen molar-refractivity contribution in [3.63, 3.8) is 0 Å². The quantitative estimate of drug-likeness (QED) is 0.0967. The summed E-state index contributed by atoms with van der Waals surface area (Å²) in [6.45, 7) is 4.00. The molecule has 3 aromatic carbocycles. The molecule has 12 heteroatoms. The molecule has 0 aliphatic carbocycles. The van der Waals surface area contributed by atoms with Gasteiger partial charge in [0, 0.05) is 16.3 Å². The zero-order chi connectivity index (χ0) is 30.8. The Labute approximate surface area is 254 Å². The minimum atomic E-state index is -1.12. The van der Waals surface area contributed by atoms with Crippen LogP contribution in [0.3, 0.4) is 0 Å². The fourth-order valence-electron chi connectivity index (χ4n) is 4.25.